The molecule has 3 N–H and O–H groups in total. The van der Waals surface area contributed by atoms with Crippen LogP contribution in [0.2, 0.25) is 0 Å². The molecule has 1 aromatic heterocycles. The van der Waals surface area contributed by atoms with E-state index in [2.05, 4.69) is 15.2 Å². The number of fused-ring (bicyclic) bond motifs is 1. The van der Waals surface area contributed by atoms with Gasteiger partial charge in [-0.2, -0.15) is 4.39 Å². The van der Waals surface area contributed by atoms with Crippen molar-refractivity contribution in [1.82, 2.24) is 15.2 Å². The molecular formula is C27H28F2N4O2. The lowest BCUT2D eigenvalue weighted by Gasteiger charge is -2.20. The fraction of sp³-hybridized carbons (Fsp3) is 0.333. The highest BCUT2D eigenvalue weighted by Crippen LogP contribution is 2.37. The van der Waals surface area contributed by atoms with Gasteiger partial charge in [0.15, 0.2) is 0 Å². The summed E-state index contributed by atoms with van der Waals surface area (Å²) in [5, 5.41) is 2.71. The van der Waals surface area contributed by atoms with Crippen LogP contribution in [0.25, 0.3) is 22.3 Å². The Balaban J connectivity index is 1.60. The molecule has 2 aromatic carbocycles. The van der Waals surface area contributed by atoms with E-state index in [0.29, 0.717) is 48.7 Å². The number of pyridine rings is 1. The molecule has 0 radical (unpaired) electrons. The van der Waals surface area contributed by atoms with Crippen LogP contribution in [0.5, 0.6) is 0 Å². The molecule has 0 aliphatic carbocycles. The number of nitrogens with one attached hydrogen (secondary N) is 1. The quantitative estimate of drug-likeness (QED) is 0.539. The third kappa shape index (κ3) is 4.51. The normalized spacial score (nSPS) is 17.5. The van der Waals surface area contributed by atoms with Crippen molar-refractivity contribution in [3.63, 3.8) is 0 Å². The molecule has 1 atom stereocenters. The van der Waals surface area contributed by atoms with E-state index in [1.165, 1.54) is 11.6 Å². The molecule has 182 valence electrons. The van der Waals surface area contributed by atoms with Gasteiger partial charge in [-0.3, -0.25) is 4.79 Å². The van der Waals surface area contributed by atoms with E-state index in [0.717, 1.165) is 24.2 Å². The molecule has 1 fully saturated rings. The fourth-order valence-corrected chi connectivity index (χ4v) is 5.00. The van der Waals surface area contributed by atoms with Crippen LogP contribution in [-0.2, 0) is 17.7 Å². The number of rotatable bonds is 5. The van der Waals surface area contributed by atoms with Gasteiger partial charge in [0.2, 0.25) is 5.95 Å². The van der Waals surface area contributed by atoms with E-state index < -0.39 is 11.8 Å². The van der Waals surface area contributed by atoms with Crippen LogP contribution in [0, 0.1) is 11.8 Å². The van der Waals surface area contributed by atoms with Crippen molar-refractivity contribution in [3.05, 3.63) is 70.4 Å². The van der Waals surface area contributed by atoms with Gasteiger partial charge >= 0.3 is 0 Å². The second-order valence-corrected chi connectivity index (χ2v) is 9.47. The Kier molecular flexibility index (Phi) is 6.25. The lowest BCUT2D eigenvalue weighted by atomic mass is 9.89. The van der Waals surface area contributed by atoms with Crippen LogP contribution in [0.15, 0.2) is 36.4 Å². The minimum Gasteiger partial charge on any atom is -0.383 e. The number of halogens is 2. The second kappa shape index (κ2) is 9.36. The highest BCUT2D eigenvalue weighted by Gasteiger charge is 2.24. The van der Waals surface area contributed by atoms with Crippen LogP contribution in [0.1, 0.15) is 39.4 Å². The van der Waals surface area contributed by atoms with Crippen LogP contribution >= 0.6 is 0 Å². The number of nitrogens with two attached hydrogens (primary N) is 1. The Morgan fingerprint density at radius 1 is 1.11 bits per heavy atom. The Morgan fingerprint density at radius 3 is 2.69 bits per heavy atom. The zero-order chi connectivity index (χ0) is 24.7. The average molecular weight is 479 g/mol. The van der Waals surface area contributed by atoms with E-state index in [-0.39, 0.29) is 22.9 Å². The van der Waals surface area contributed by atoms with E-state index >= 15 is 8.78 Å². The number of carbonyl (C=O) groups excluding carboxylic acids is 1. The predicted molar refractivity (Wildman–Crippen MR) is 131 cm³/mol. The Hall–Kier alpha value is -3.36. The van der Waals surface area contributed by atoms with Gasteiger partial charge in [-0.05, 0) is 73.5 Å². The number of nitrogen functional groups attached to an aromatic ring is 1. The number of carbonyl (C=O) groups is 1. The number of anilines is 1. The number of amides is 1. The van der Waals surface area contributed by atoms with Crippen molar-refractivity contribution in [2.24, 2.45) is 0 Å². The maximum absolute atomic E-state index is 15.1. The van der Waals surface area contributed by atoms with Crippen molar-refractivity contribution in [2.45, 2.75) is 25.3 Å². The molecule has 1 amide bonds. The highest BCUT2D eigenvalue weighted by molar-refractivity contribution is 5.97. The number of benzene rings is 2. The van der Waals surface area contributed by atoms with Crippen LogP contribution in [0.4, 0.5) is 14.6 Å². The lowest BCUT2D eigenvalue weighted by molar-refractivity contribution is 0.0945. The van der Waals surface area contributed by atoms with Crippen molar-refractivity contribution in [1.29, 1.82) is 0 Å². The smallest absolute Gasteiger partial charge is 0.251 e. The molecule has 1 saturated heterocycles. The number of aromatic nitrogens is 1. The standard InChI is InChI=1S/C27H28F2N4O2/c1-33(2)13-18-9-15(3-4-19(18)17-6-8-35-14-17)20-11-23(26(30)32-25(20)29)22-10-16-5-7-31-27(34)21(16)12-24(22)28/h3-4,9-12,17H,5-8,13-14H2,1-2H3,(H2,30,32)(H,31,34). The van der Waals surface area contributed by atoms with Gasteiger partial charge in [-0.1, -0.05) is 12.1 Å². The minimum atomic E-state index is -0.711. The summed E-state index contributed by atoms with van der Waals surface area (Å²) < 4.78 is 35.8. The van der Waals surface area contributed by atoms with Crippen molar-refractivity contribution in [2.75, 3.05) is 39.6 Å². The molecule has 2 aliphatic rings. The molecular weight excluding hydrogens is 450 g/mol. The topological polar surface area (TPSA) is 80.5 Å². The summed E-state index contributed by atoms with van der Waals surface area (Å²) in [6, 6.07) is 10.3. The molecule has 3 heterocycles. The van der Waals surface area contributed by atoms with Gasteiger partial charge in [0, 0.05) is 47.9 Å². The van der Waals surface area contributed by atoms with Crippen molar-refractivity contribution < 1.29 is 18.3 Å². The number of nitrogens with zero attached hydrogens (tertiary/aromatic N) is 2. The number of ether oxygens (including phenoxy) is 1. The summed E-state index contributed by atoms with van der Waals surface area (Å²) in [5.41, 5.74) is 10.8. The first-order chi connectivity index (χ1) is 16.8. The molecule has 0 bridgehead atoms. The summed E-state index contributed by atoms with van der Waals surface area (Å²) in [5.74, 6) is -1.40. The maximum atomic E-state index is 15.1. The molecule has 8 heteroatoms. The molecule has 35 heavy (non-hydrogen) atoms. The zero-order valence-electron chi connectivity index (χ0n) is 19.8. The first-order valence-corrected chi connectivity index (χ1v) is 11.7. The van der Waals surface area contributed by atoms with Crippen LogP contribution in [0.3, 0.4) is 0 Å². The molecule has 0 spiro atoms. The summed E-state index contributed by atoms with van der Waals surface area (Å²) in [7, 11) is 3.98. The van der Waals surface area contributed by atoms with Crippen molar-refractivity contribution >= 4 is 11.7 Å². The third-order valence-corrected chi connectivity index (χ3v) is 6.72. The predicted octanol–water partition coefficient (Wildman–Crippen LogP) is 4.13. The number of hydrogen-bond acceptors (Lipinski definition) is 5. The molecule has 3 aromatic rings. The van der Waals surface area contributed by atoms with E-state index in [1.807, 2.05) is 32.3 Å². The highest BCUT2D eigenvalue weighted by atomic mass is 19.1. The average Bonchev–Trinajstić information content (AvgIpc) is 3.34. The molecule has 2 aliphatic heterocycles. The Labute approximate surface area is 203 Å². The van der Waals surface area contributed by atoms with Gasteiger partial charge in [0.25, 0.3) is 5.91 Å². The fourth-order valence-electron chi connectivity index (χ4n) is 5.00. The Bertz CT molecular complexity index is 1300. The monoisotopic (exact) mass is 478 g/mol. The minimum absolute atomic E-state index is 0.0985. The summed E-state index contributed by atoms with van der Waals surface area (Å²) in [6.45, 7) is 2.59. The van der Waals surface area contributed by atoms with Crippen molar-refractivity contribution in [3.8, 4) is 22.3 Å². The zero-order valence-corrected chi connectivity index (χ0v) is 19.8. The van der Waals surface area contributed by atoms with Gasteiger partial charge in [-0.15, -0.1) is 0 Å². The van der Waals surface area contributed by atoms with Gasteiger partial charge in [-0.25, -0.2) is 9.37 Å². The number of hydrogen-bond donors (Lipinski definition) is 2. The second-order valence-electron chi connectivity index (χ2n) is 9.47. The van der Waals surface area contributed by atoms with E-state index in [4.69, 9.17) is 10.5 Å². The SMILES string of the molecule is CN(C)Cc1cc(-c2cc(-c3cc4c(cc3F)C(=O)NCC4)c(N)nc2F)ccc1C1CCOC1. The van der Waals surface area contributed by atoms with E-state index in [1.54, 1.807) is 12.1 Å². The summed E-state index contributed by atoms with van der Waals surface area (Å²) in [4.78, 5) is 18.1. The first kappa shape index (κ1) is 23.4. The van der Waals surface area contributed by atoms with Crippen LogP contribution in [-0.4, -0.2) is 49.6 Å². The van der Waals surface area contributed by atoms with E-state index in [9.17, 15) is 4.79 Å². The maximum Gasteiger partial charge on any atom is 0.251 e. The molecule has 6 nitrogen and oxygen atoms in total. The van der Waals surface area contributed by atoms with Gasteiger partial charge in [0.1, 0.15) is 11.6 Å². The molecule has 0 saturated carbocycles. The molecule has 1 unspecified atom stereocenters. The van der Waals surface area contributed by atoms with Gasteiger partial charge < -0.3 is 20.7 Å². The lowest BCUT2D eigenvalue weighted by Crippen LogP contribution is -2.32. The van der Waals surface area contributed by atoms with Crippen LogP contribution < -0.4 is 11.1 Å². The summed E-state index contributed by atoms with van der Waals surface area (Å²) >= 11 is 0. The first-order valence-electron chi connectivity index (χ1n) is 11.7. The summed E-state index contributed by atoms with van der Waals surface area (Å²) in [6.07, 6.45) is 1.54. The molecule has 5 rings (SSSR count). The van der Waals surface area contributed by atoms with Gasteiger partial charge in [0.05, 0.1) is 6.61 Å². The Morgan fingerprint density at radius 2 is 1.94 bits per heavy atom. The third-order valence-electron chi connectivity index (χ3n) is 6.72. The largest absolute Gasteiger partial charge is 0.383 e.